The molecule has 5 nitrogen and oxygen atoms in total. The maximum Gasteiger partial charge on any atom is 0.225 e. The van der Waals surface area contributed by atoms with E-state index in [1.165, 1.54) is 17.7 Å². The fourth-order valence-electron chi connectivity index (χ4n) is 5.01. The zero-order chi connectivity index (χ0) is 22.8. The molecule has 3 aromatic rings. The minimum Gasteiger partial charge on any atom is -0.497 e. The Balaban J connectivity index is 1.42. The van der Waals surface area contributed by atoms with E-state index in [0.29, 0.717) is 19.5 Å². The lowest BCUT2D eigenvalue weighted by Gasteiger charge is -2.49. The molecule has 6 heteroatoms. The van der Waals surface area contributed by atoms with E-state index in [1.54, 1.807) is 7.11 Å². The molecule has 33 heavy (non-hydrogen) atoms. The van der Waals surface area contributed by atoms with Crippen LogP contribution in [0.15, 0.2) is 72.8 Å². The third-order valence-electron chi connectivity index (χ3n) is 6.76. The standard InChI is InChI=1S/C27H28FN3O2/c1-33-23-12-7-20-15-24(27(32)29-17-19-5-3-2-4-6-19)26-18-30(13-14-31(26)25(20)16-23)22-10-8-21(28)9-11-22/h2-12,16,24,26H,13-15,17-18H2,1H3,(H,29,32)/t24-,26+/m1/s1. The van der Waals surface area contributed by atoms with Crippen LogP contribution < -0.4 is 19.9 Å². The Hall–Kier alpha value is -3.54. The molecule has 1 amide bonds. The van der Waals surface area contributed by atoms with Crippen molar-refractivity contribution < 1.29 is 13.9 Å². The molecule has 0 radical (unpaired) electrons. The van der Waals surface area contributed by atoms with Crippen molar-refractivity contribution in [3.05, 3.63) is 89.7 Å². The van der Waals surface area contributed by atoms with E-state index in [1.807, 2.05) is 48.5 Å². The number of carbonyl (C=O) groups is 1. The Bertz CT molecular complexity index is 1120. The second kappa shape index (κ2) is 9.14. The number of halogens is 1. The van der Waals surface area contributed by atoms with Crippen molar-refractivity contribution in [3.63, 3.8) is 0 Å². The molecule has 0 saturated carbocycles. The van der Waals surface area contributed by atoms with Gasteiger partial charge in [0, 0.05) is 43.6 Å². The first-order valence-corrected chi connectivity index (χ1v) is 11.4. The fraction of sp³-hybridized carbons (Fsp3) is 0.296. The molecule has 2 heterocycles. The van der Waals surface area contributed by atoms with Gasteiger partial charge in [-0.15, -0.1) is 0 Å². The van der Waals surface area contributed by atoms with Crippen molar-refractivity contribution in [2.75, 3.05) is 36.5 Å². The second-order valence-corrected chi connectivity index (χ2v) is 8.69. The smallest absolute Gasteiger partial charge is 0.225 e. The van der Waals surface area contributed by atoms with Gasteiger partial charge in [-0.05, 0) is 47.9 Å². The molecule has 5 rings (SSSR count). The van der Waals surface area contributed by atoms with E-state index in [4.69, 9.17) is 4.74 Å². The molecule has 3 aromatic carbocycles. The number of nitrogens with zero attached hydrogens (tertiary/aromatic N) is 2. The van der Waals surface area contributed by atoms with Crippen LogP contribution in [0.1, 0.15) is 11.1 Å². The number of nitrogens with one attached hydrogen (secondary N) is 1. The molecule has 1 saturated heterocycles. The van der Waals surface area contributed by atoms with Crippen LogP contribution in [0.25, 0.3) is 0 Å². The van der Waals surface area contributed by atoms with Crippen molar-refractivity contribution in [3.8, 4) is 5.75 Å². The van der Waals surface area contributed by atoms with E-state index in [-0.39, 0.29) is 23.7 Å². The van der Waals surface area contributed by atoms with Gasteiger partial charge in [-0.2, -0.15) is 0 Å². The Morgan fingerprint density at radius 1 is 1.06 bits per heavy atom. The molecule has 0 spiro atoms. The lowest BCUT2D eigenvalue weighted by atomic mass is 9.83. The third kappa shape index (κ3) is 4.38. The number of rotatable bonds is 5. The summed E-state index contributed by atoms with van der Waals surface area (Å²) in [5.74, 6) is 0.462. The van der Waals surface area contributed by atoms with Crippen LogP contribution in [0.3, 0.4) is 0 Å². The predicted molar refractivity (Wildman–Crippen MR) is 128 cm³/mol. The summed E-state index contributed by atoms with van der Waals surface area (Å²) < 4.78 is 18.9. The van der Waals surface area contributed by atoms with Gasteiger partial charge in [0.25, 0.3) is 0 Å². The van der Waals surface area contributed by atoms with Gasteiger partial charge in [-0.3, -0.25) is 4.79 Å². The van der Waals surface area contributed by atoms with Crippen LogP contribution >= 0.6 is 0 Å². The fourth-order valence-corrected chi connectivity index (χ4v) is 5.01. The average Bonchev–Trinajstić information content (AvgIpc) is 2.87. The first-order chi connectivity index (χ1) is 16.1. The minimum atomic E-state index is -0.241. The van der Waals surface area contributed by atoms with Gasteiger partial charge in [0.05, 0.1) is 19.1 Å². The summed E-state index contributed by atoms with van der Waals surface area (Å²) in [5, 5.41) is 3.16. The lowest BCUT2D eigenvalue weighted by molar-refractivity contribution is -0.126. The number of benzene rings is 3. The normalized spacial score (nSPS) is 19.5. The van der Waals surface area contributed by atoms with Crippen LogP contribution in [-0.2, 0) is 17.8 Å². The van der Waals surface area contributed by atoms with Crippen LogP contribution in [0.4, 0.5) is 15.8 Å². The van der Waals surface area contributed by atoms with Crippen LogP contribution in [0.2, 0.25) is 0 Å². The summed E-state index contributed by atoms with van der Waals surface area (Å²) in [4.78, 5) is 18.0. The summed E-state index contributed by atoms with van der Waals surface area (Å²) in [5.41, 5.74) is 4.38. The number of hydrogen-bond acceptors (Lipinski definition) is 4. The SMILES string of the molecule is COc1ccc2c(c1)N1CCN(c3ccc(F)cc3)C[C@H]1[C@H](C(=O)NCc1ccccc1)C2. The average molecular weight is 446 g/mol. The minimum absolute atomic E-state index is 0.0131. The molecule has 1 fully saturated rings. The van der Waals surface area contributed by atoms with E-state index >= 15 is 0 Å². The Labute approximate surface area is 193 Å². The Kier molecular flexibility index (Phi) is 5.90. The number of amides is 1. The van der Waals surface area contributed by atoms with Gasteiger partial charge < -0.3 is 19.9 Å². The quantitative estimate of drug-likeness (QED) is 0.645. The number of carbonyl (C=O) groups excluding carboxylic acids is 1. The Morgan fingerprint density at radius 3 is 2.61 bits per heavy atom. The lowest BCUT2D eigenvalue weighted by Crippen LogP contribution is -2.61. The molecule has 2 atom stereocenters. The second-order valence-electron chi connectivity index (χ2n) is 8.69. The highest BCUT2D eigenvalue weighted by molar-refractivity contribution is 5.82. The maximum atomic E-state index is 13.5. The Morgan fingerprint density at radius 2 is 1.85 bits per heavy atom. The highest BCUT2D eigenvalue weighted by Crippen LogP contribution is 2.39. The van der Waals surface area contributed by atoms with Crippen molar-refractivity contribution in [1.82, 2.24) is 5.32 Å². The first kappa shape index (κ1) is 21.3. The molecule has 0 bridgehead atoms. The van der Waals surface area contributed by atoms with Gasteiger partial charge in [0.2, 0.25) is 5.91 Å². The van der Waals surface area contributed by atoms with E-state index in [0.717, 1.165) is 35.8 Å². The van der Waals surface area contributed by atoms with E-state index in [2.05, 4.69) is 27.2 Å². The van der Waals surface area contributed by atoms with Crippen molar-refractivity contribution in [2.24, 2.45) is 5.92 Å². The van der Waals surface area contributed by atoms with E-state index in [9.17, 15) is 9.18 Å². The van der Waals surface area contributed by atoms with Gasteiger partial charge in [-0.25, -0.2) is 4.39 Å². The zero-order valence-electron chi connectivity index (χ0n) is 18.7. The summed E-state index contributed by atoms with van der Waals surface area (Å²) in [7, 11) is 1.67. The van der Waals surface area contributed by atoms with Gasteiger partial charge in [-0.1, -0.05) is 36.4 Å². The van der Waals surface area contributed by atoms with Gasteiger partial charge in [0.15, 0.2) is 0 Å². The first-order valence-electron chi connectivity index (χ1n) is 11.4. The van der Waals surface area contributed by atoms with E-state index < -0.39 is 0 Å². The van der Waals surface area contributed by atoms with Gasteiger partial charge >= 0.3 is 0 Å². The van der Waals surface area contributed by atoms with Gasteiger partial charge in [0.1, 0.15) is 11.6 Å². The number of fused-ring (bicyclic) bond motifs is 3. The molecule has 0 aromatic heterocycles. The number of piperazine rings is 1. The number of ether oxygens (including phenoxy) is 1. The molecule has 2 aliphatic heterocycles. The summed E-state index contributed by atoms with van der Waals surface area (Å²) in [6, 6.07) is 22.7. The molecular weight excluding hydrogens is 417 g/mol. The number of hydrogen-bond donors (Lipinski definition) is 1. The van der Waals surface area contributed by atoms with Crippen molar-refractivity contribution in [1.29, 1.82) is 0 Å². The summed E-state index contributed by atoms with van der Waals surface area (Å²) in [6.45, 7) is 2.80. The predicted octanol–water partition coefficient (Wildman–Crippen LogP) is 4.02. The highest BCUT2D eigenvalue weighted by atomic mass is 19.1. The largest absolute Gasteiger partial charge is 0.497 e. The molecule has 170 valence electrons. The molecule has 0 aliphatic carbocycles. The van der Waals surface area contributed by atoms with Crippen LogP contribution in [0.5, 0.6) is 5.75 Å². The number of methoxy groups -OCH3 is 1. The monoisotopic (exact) mass is 445 g/mol. The molecular formula is C27H28FN3O2. The number of anilines is 2. The van der Waals surface area contributed by atoms with Crippen molar-refractivity contribution >= 4 is 17.3 Å². The highest BCUT2D eigenvalue weighted by Gasteiger charge is 2.41. The van der Waals surface area contributed by atoms with Crippen LogP contribution in [-0.4, -0.2) is 38.7 Å². The zero-order valence-corrected chi connectivity index (χ0v) is 18.7. The molecule has 1 N–H and O–H groups in total. The molecule has 2 aliphatic rings. The molecule has 0 unspecified atom stereocenters. The summed E-state index contributed by atoms with van der Waals surface area (Å²) >= 11 is 0. The summed E-state index contributed by atoms with van der Waals surface area (Å²) in [6.07, 6.45) is 0.679. The van der Waals surface area contributed by atoms with Crippen molar-refractivity contribution in [2.45, 2.75) is 19.0 Å². The van der Waals surface area contributed by atoms with Crippen LogP contribution in [0, 0.1) is 11.7 Å². The third-order valence-corrected chi connectivity index (χ3v) is 6.76. The maximum absolute atomic E-state index is 13.5. The topological polar surface area (TPSA) is 44.8 Å².